The van der Waals surface area contributed by atoms with Crippen LogP contribution >= 0.6 is 15.9 Å². The highest BCUT2D eigenvalue weighted by atomic mass is 79.9. The first-order valence-electron chi connectivity index (χ1n) is 6.37. The predicted molar refractivity (Wildman–Crippen MR) is 82.2 cm³/mol. The van der Waals surface area contributed by atoms with Crippen molar-refractivity contribution < 1.29 is 9.13 Å². The summed E-state index contributed by atoms with van der Waals surface area (Å²) < 4.78 is 19.9. The second kappa shape index (κ2) is 6.70. The van der Waals surface area contributed by atoms with Gasteiger partial charge in [0.1, 0.15) is 18.2 Å². The summed E-state index contributed by atoms with van der Waals surface area (Å²) in [7, 11) is 0. The second-order valence-corrected chi connectivity index (χ2v) is 5.59. The molecule has 1 atom stereocenters. The van der Waals surface area contributed by atoms with Crippen LogP contribution in [-0.4, -0.2) is 0 Å². The molecule has 0 heterocycles. The number of hydrogen-bond donors (Lipinski definition) is 1. The standard InChI is InChI=1S/C16H14BrFN2O/c1-10(20)15-5-3-13(17)7-16(15)21-9-12-6-14(18)4-2-11(12)8-19/h2-7,10H,9,20H2,1H3/t10-/m1/s1. The normalized spacial score (nSPS) is 11.8. The molecule has 0 radical (unpaired) electrons. The number of rotatable bonds is 4. The Morgan fingerprint density at radius 2 is 2.10 bits per heavy atom. The summed E-state index contributed by atoms with van der Waals surface area (Å²) in [6.45, 7) is 1.97. The first-order chi connectivity index (χ1) is 10.0. The molecule has 2 aromatic rings. The van der Waals surface area contributed by atoms with E-state index in [1.54, 1.807) is 0 Å². The summed E-state index contributed by atoms with van der Waals surface area (Å²) in [5.74, 6) is 0.224. The maximum atomic E-state index is 13.3. The van der Waals surface area contributed by atoms with Crippen LogP contribution in [-0.2, 0) is 6.61 Å². The fourth-order valence-corrected chi connectivity index (χ4v) is 2.30. The van der Waals surface area contributed by atoms with Gasteiger partial charge in [0.25, 0.3) is 0 Å². The molecule has 2 N–H and O–H groups in total. The maximum absolute atomic E-state index is 13.3. The average Bonchev–Trinajstić information content (AvgIpc) is 2.45. The van der Waals surface area contributed by atoms with Gasteiger partial charge in [-0.2, -0.15) is 5.26 Å². The zero-order valence-corrected chi connectivity index (χ0v) is 13.0. The highest BCUT2D eigenvalue weighted by molar-refractivity contribution is 9.10. The van der Waals surface area contributed by atoms with Crippen molar-refractivity contribution in [3.8, 4) is 11.8 Å². The molecular weight excluding hydrogens is 335 g/mol. The van der Waals surface area contributed by atoms with Gasteiger partial charge in [0, 0.05) is 21.6 Å². The first kappa shape index (κ1) is 15.5. The average molecular weight is 349 g/mol. The molecule has 108 valence electrons. The van der Waals surface area contributed by atoms with Gasteiger partial charge in [-0.15, -0.1) is 0 Å². The van der Waals surface area contributed by atoms with Crippen LogP contribution in [0.3, 0.4) is 0 Å². The zero-order chi connectivity index (χ0) is 15.4. The summed E-state index contributed by atoms with van der Waals surface area (Å²) >= 11 is 3.38. The van der Waals surface area contributed by atoms with Crippen LogP contribution in [0, 0.1) is 17.1 Å². The highest BCUT2D eigenvalue weighted by Gasteiger charge is 2.11. The van der Waals surface area contributed by atoms with Crippen LogP contribution in [0.25, 0.3) is 0 Å². The Labute approximate surface area is 131 Å². The molecule has 0 fully saturated rings. The van der Waals surface area contributed by atoms with Crippen molar-refractivity contribution in [2.75, 3.05) is 0 Å². The molecular formula is C16H14BrFN2O. The number of ether oxygens (including phenoxy) is 1. The van der Waals surface area contributed by atoms with Crippen LogP contribution in [0.15, 0.2) is 40.9 Å². The summed E-state index contributed by atoms with van der Waals surface area (Å²) in [6, 6.07) is 11.4. The van der Waals surface area contributed by atoms with E-state index in [1.807, 2.05) is 31.2 Å². The van der Waals surface area contributed by atoms with E-state index in [0.717, 1.165) is 10.0 Å². The minimum atomic E-state index is -0.394. The molecule has 5 heteroatoms. The van der Waals surface area contributed by atoms with Gasteiger partial charge in [0.05, 0.1) is 11.6 Å². The lowest BCUT2D eigenvalue weighted by Gasteiger charge is -2.15. The van der Waals surface area contributed by atoms with E-state index in [1.165, 1.54) is 18.2 Å². The third kappa shape index (κ3) is 3.81. The van der Waals surface area contributed by atoms with E-state index in [4.69, 9.17) is 15.7 Å². The minimum absolute atomic E-state index is 0.108. The van der Waals surface area contributed by atoms with Gasteiger partial charge < -0.3 is 10.5 Å². The summed E-state index contributed by atoms with van der Waals surface area (Å²) in [5, 5.41) is 9.04. The van der Waals surface area contributed by atoms with Crippen molar-refractivity contribution in [1.29, 1.82) is 5.26 Å². The SMILES string of the molecule is C[C@@H](N)c1ccc(Br)cc1OCc1cc(F)ccc1C#N. The largest absolute Gasteiger partial charge is 0.488 e. The Morgan fingerprint density at radius 1 is 1.33 bits per heavy atom. The fraction of sp³-hybridized carbons (Fsp3) is 0.188. The number of benzene rings is 2. The third-order valence-corrected chi connectivity index (χ3v) is 3.53. The molecule has 0 aromatic heterocycles. The molecule has 3 nitrogen and oxygen atoms in total. The molecule has 0 spiro atoms. The van der Waals surface area contributed by atoms with Crippen LogP contribution in [0.5, 0.6) is 5.75 Å². The van der Waals surface area contributed by atoms with E-state index >= 15 is 0 Å². The van der Waals surface area contributed by atoms with Gasteiger partial charge in [-0.25, -0.2) is 4.39 Å². The monoisotopic (exact) mass is 348 g/mol. The lowest BCUT2D eigenvalue weighted by molar-refractivity contribution is 0.300. The Morgan fingerprint density at radius 3 is 2.76 bits per heavy atom. The van der Waals surface area contributed by atoms with Crippen LogP contribution < -0.4 is 10.5 Å². The van der Waals surface area contributed by atoms with Crippen LogP contribution in [0.4, 0.5) is 4.39 Å². The van der Waals surface area contributed by atoms with Crippen LogP contribution in [0.1, 0.15) is 29.7 Å². The third-order valence-electron chi connectivity index (χ3n) is 3.04. The molecule has 2 aromatic carbocycles. The number of nitriles is 1. The molecule has 0 saturated heterocycles. The fourth-order valence-electron chi connectivity index (χ4n) is 1.96. The Hall–Kier alpha value is -1.90. The lowest BCUT2D eigenvalue weighted by Crippen LogP contribution is -2.08. The Kier molecular flexibility index (Phi) is 4.94. The van der Waals surface area contributed by atoms with Gasteiger partial charge in [0.15, 0.2) is 0 Å². The quantitative estimate of drug-likeness (QED) is 0.906. The van der Waals surface area contributed by atoms with Gasteiger partial charge in [-0.05, 0) is 37.3 Å². The zero-order valence-electron chi connectivity index (χ0n) is 11.4. The van der Waals surface area contributed by atoms with Crippen molar-refractivity contribution in [2.45, 2.75) is 19.6 Å². The van der Waals surface area contributed by atoms with Gasteiger partial charge in [0.2, 0.25) is 0 Å². The molecule has 0 aliphatic heterocycles. The predicted octanol–water partition coefficient (Wildman–Crippen LogP) is 4.06. The molecule has 0 saturated carbocycles. The molecule has 0 aliphatic rings. The Bertz CT molecular complexity index is 695. The van der Waals surface area contributed by atoms with Crippen LogP contribution in [0.2, 0.25) is 0 Å². The highest BCUT2D eigenvalue weighted by Crippen LogP contribution is 2.28. The molecule has 0 aliphatic carbocycles. The number of hydrogen-bond acceptors (Lipinski definition) is 3. The van der Waals surface area contributed by atoms with Gasteiger partial charge in [-0.1, -0.05) is 22.0 Å². The first-order valence-corrected chi connectivity index (χ1v) is 7.17. The maximum Gasteiger partial charge on any atom is 0.125 e. The topological polar surface area (TPSA) is 59.0 Å². The van der Waals surface area contributed by atoms with Crippen molar-refractivity contribution in [1.82, 2.24) is 0 Å². The molecule has 21 heavy (non-hydrogen) atoms. The Balaban J connectivity index is 2.26. The molecule has 2 rings (SSSR count). The van der Waals surface area contributed by atoms with E-state index in [2.05, 4.69) is 15.9 Å². The van der Waals surface area contributed by atoms with Gasteiger partial charge in [-0.3, -0.25) is 0 Å². The van der Waals surface area contributed by atoms with Crippen molar-refractivity contribution in [2.24, 2.45) is 5.73 Å². The minimum Gasteiger partial charge on any atom is -0.488 e. The van der Waals surface area contributed by atoms with Gasteiger partial charge >= 0.3 is 0 Å². The molecule has 0 unspecified atom stereocenters. The summed E-state index contributed by atoms with van der Waals surface area (Å²) in [6.07, 6.45) is 0. The molecule has 0 amide bonds. The summed E-state index contributed by atoms with van der Waals surface area (Å²) in [4.78, 5) is 0. The number of nitrogens with zero attached hydrogens (tertiary/aromatic N) is 1. The second-order valence-electron chi connectivity index (χ2n) is 4.67. The molecule has 0 bridgehead atoms. The van der Waals surface area contributed by atoms with E-state index in [-0.39, 0.29) is 12.6 Å². The van der Waals surface area contributed by atoms with E-state index in [9.17, 15) is 4.39 Å². The van der Waals surface area contributed by atoms with Crippen molar-refractivity contribution in [3.63, 3.8) is 0 Å². The summed E-state index contributed by atoms with van der Waals surface area (Å²) in [5.41, 5.74) is 7.67. The van der Waals surface area contributed by atoms with Crippen molar-refractivity contribution in [3.05, 3.63) is 63.4 Å². The number of halogens is 2. The number of nitrogens with two attached hydrogens (primary N) is 1. The van der Waals surface area contributed by atoms with Crippen molar-refractivity contribution >= 4 is 15.9 Å². The smallest absolute Gasteiger partial charge is 0.125 e. The lowest BCUT2D eigenvalue weighted by atomic mass is 10.1. The van der Waals surface area contributed by atoms with E-state index < -0.39 is 5.82 Å². The van der Waals surface area contributed by atoms with E-state index in [0.29, 0.717) is 16.9 Å².